The molecule has 0 aliphatic carbocycles. The van der Waals surface area contributed by atoms with Crippen LogP contribution in [-0.2, 0) is 0 Å². The van der Waals surface area contributed by atoms with Crippen molar-refractivity contribution in [2.24, 2.45) is 0 Å². The summed E-state index contributed by atoms with van der Waals surface area (Å²) in [5.41, 5.74) is 3.60. The van der Waals surface area contributed by atoms with Crippen LogP contribution in [0.4, 0.5) is 17.3 Å². The molecule has 1 N–H and O–H groups in total. The number of aryl methyl sites for hydroxylation is 3. The predicted molar refractivity (Wildman–Crippen MR) is 96.6 cm³/mol. The Kier molecular flexibility index (Phi) is 4.79. The van der Waals surface area contributed by atoms with Gasteiger partial charge in [0.15, 0.2) is 0 Å². The molecule has 0 atom stereocenters. The van der Waals surface area contributed by atoms with Gasteiger partial charge in [0.2, 0.25) is 0 Å². The highest BCUT2D eigenvalue weighted by Gasteiger charge is 2.13. The Morgan fingerprint density at radius 3 is 2.13 bits per heavy atom. The minimum Gasteiger partial charge on any atom is -0.356 e. The Bertz CT molecular complexity index is 653. The first kappa shape index (κ1) is 15.8. The summed E-state index contributed by atoms with van der Waals surface area (Å²) < 4.78 is 0. The number of rotatable bonds is 3. The van der Waals surface area contributed by atoms with Gasteiger partial charge in [-0.05, 0) is 56.9 Å². The van der Waals surface area contributed by atoms with Gasteiger partial charge in [-0.2, -0.15) is 0 Å². The number of hydrogen-bond acceptors (Lipinski definition) is 4. The summed E-state index contributed by atoms with van der Waals surface area (Å²) in [6, 6.07) is 8.56. The van der Waals surface area contributed by atoms with E-state index in [1.807, 2.05) is 6.92 Å². The van der Waals surface area contributed by atoms with Crippen LogP contribution in [0.5, 0.6) is 0 Å². The van der Waals surface area contributed by atoms with Crippen molar-refractivity contribution in [1.29, 1.82) is 0 Å². The Hall–Kier alpha value is -2.10. The first-order valence-corrected chi connectivity index (χ1v) is 8.56. The highest BCUT2D eigenvalue weighted by molar-refractivity contribution is 5.61. The lowest BCUT2D eigenvalue weighted by Gasteiger charge is -2.22. The summed E-state index contributed by atoms with van der Waals surface area (Å²) in [5.74, 6) is 2.74. The third kappa shape index (κ3) is 4.21. The van der Waals surface area contributed by atoms with Crippen molar-refractivity contribution >= 4 is 17.3 Å². The van der Waals surface area contributed by atoms with Crippen LogP contribution >= 0.6 is 0 Å². The maximum atomic E-state index is 4.65. The van der Waals surface area contributed by atoms with Crippen molar-refractivity contribution in [3.05, 3.63) is 41.2 Å². The van der Waals surface area contributed by atoms with E-state index in [-0.39, 0.29) is 0 Å². The van der Waals surface area contributed by atoms with Gasteiger partial charge in [0.05, 0.1) is 0 Å². The lowest BCUT2D eigenvalue weighted by molar-refractivity contribution is 0.726. The van der Waals surface area contributed by atoms with Crippen molar-refractivity contribution in [2.75, 3.05) is 23.3 Å². The average molecular weight is 310 g/mol. The van der Waals surface area contributed by atoms with Crippen molar-refractivity contribution < 1.29 is 0 Å². The third-order valence-corrected chi connectivity index (χ3v) is 4.25. The minimum absolute atomic E-state index is 0.818. The number of hydrogen-bond donors (Lipinski definition) is 1. The van der Waals surface area contributed by atoms with Gasteiger partial charge in [0.25, 0.3) is 0 Å². The monoisotopic (exact) mass is 310 g/mol. The average Bonchev–Trinajstić information content (AvgIpc) is 2.74. The molecule has 122 valence electrons. The van der Waals surface area contributed by atoms with E-state index in [4.69, 9.17) is 0 Å². The summed E-state index contributed by atoms with van der Waals surface area (Å²) in [6.07, 6.45) is 5.16. The smallest absolute Gasteiger partial charge is 0.136 e. The van der Waals surface area contributed by atoms with Crippen LogP contribution in [0, 0.1) is 20.8 Å². The fourth-order valence-corrected chi connectivity index (χ4v) is 3.27. The summed E-state index contributed by atoms with van der Waals surface area (Å²) in [4.78, 5) is 11.6. The summed E-state index contributed by atoms with van der Waals surface area (Å²) >= 11 is 0. The zero-order chi connectivity index (χ0) is 16.2. The first-order chi connectivity index (χ1) is 11.1. The molecule has 1 saturated heterocycles. The van der Waals surface area contributed by atoms with Gasteiger partial charge in [0, 0.05) is 24.8 Å². The largest absolute Gasteiger partial charge is 0.356 e. The molecule has 0 radical (unpaired) electrons. The van der Waals surface area contributed by atoms with Crippen LogP contribution in [0.15, 0.2) is 24.3 Å². The van der Waals surface area contributed by atoms with E-state index in [9.17, 15) is 0 Å². The van der Waals surface area contributed by atoms with Crippen LogP contribution in [-0.4, -0.2) is 23.1 Å². The molecule has 3 rings (SSSR count). The quantitative estimate of drug-likeness (QED) is 0.904. The maximum absolute atomic E-state index is 4.65. The number of nitrogens with zero attached hydrogens (tertiary/aromatic N) is 3. The Balaban J connectivity index is 1.84. The van der Waals surface area contributed by atoms with Gasteiger partial charge in [-0.25, -0.2) is 9.97 Å². The zero-order valence-electron chi connectivity index (χ0n) is 14.4. The second-order valence-electron chi connectivity index (χ2n) is 6.56. The predicted octanol–water partition coefficient (Wildman–Crippen LogP) is 4.53. The van der Waals surface area contributed by atoms with Crippen LogP contribution < -0.4 is 10.2 Å². The molecule has 0 saturated carbocycles. The van der Waals surface area contributed by atoms with Gasteiger partial charge in [-0.3, -0.25) is 0 Å². The molecule has 23 heavy (non-hydrogen) atoms. The minimum atomic E-state index is 0.818. The van der Waals surface area contributed by atoms with Crippen molar-refractivity contribution in [2.45, 2.75) is 46.5 Å². The van der Waals surface area contributed by atoms with Gasteiger partial charge in [-0.15, -0.1) is 0 Å². The van der Waals surface area contributed by atoms with Gasteiger partial charge in [0.1, 0.15) is 17.5 Å². The van der Waals surface area contributed by atoms with E-state index in [0.29, 0.717) is 0 Å². The molecule has 1 fully saturated rings. The topological polar surface area (TPSA) is 41.0 Å². The standard InChI is InChI=1S/C19H26N4/c1-14-10-15(2)12-17(11-14)22-18-13-19(21-16(3)20-18)23-8-6-4-5-7-9-23/h10-13H,4-9H2,1-3H3,(H,20,21,22). The second-order valence-corrected chi connectivity index (χ2v) is 6.56. The van der Waals surface area contributed by atoms with E-state index in [1.165, 1.54) is 36.8 Å². The molecule has 0 unspecified atom stereocenters. The van der Waals surface area contributed by atoms with E-state index < -0.39 is 0 Å². The second kappa shape index (κ2) is 6.99. The lowest BCUT2D eigenvalue weighted by Crippen LogP contribution is -2.25. The van der Waals surface area contributed by atoms with Crippen molar-refractivity contribution in [3.8, 4) is 0 Å². The zero-order valence-corrected chi connectivity index (χ0v) is 14.4. The molecule has 4 heteroatoms. The van der Waals surface area contributed by atoms with Gasteiger partial charge >= 0.3 is 0 Å². The summed E-state index contributed by atoms with van der Waals surface area (Å²) in [6.45, 7) is 8.39. The van der Waals surface area contributed by atoms with E-state index in [2.05, 4.69) is 58.3 Å². The van der Waals surface area contributed by atoms with E-state index in [0.717, 1.165) is 36.2 Å². The number of anilines is 3. The molecule has 0 bridgehead atoms. The molecule has 4 nitrogen and oxygen atoms in total. The summed E-state index contributed by atoms with van der Waals surface area (Å²) in [7, 11) is 0. The van der Waals surface area contributed by atoms with Gasteiger partial charge < -0.3 is 10.2 Å². The highest BCUT2D eigenvalue weighted by atomic mass is 15.2. The Morgan fingerprint density at radius 2 is 1.48 bits per heavy atom. The normalized spacial score (nSPS) is 15.3. The number of nitrogens with one attached hydrogen (secondary N) is 1. The van der Waals surface area contributed by atoms with E-state index >= 15 is 0 Å². The van der Waals surface area contributed by atoms with Gasteiger partial charge in [-0.1, -0.05) is 18.9 Å². The SMILES string of the molecule is Cc1cc(C)cc(Nc2cc(N3CCCCCC3)nc(C)n2)c1. The van der Waals surface area contributed by atoms with Crippen LogP contribution in [0.2, 0.25) is 0 Å². The third-order valence-electron chi connectivity index (χ3n) is 4.25. The fraction of sp³-hybridized carbons (Fsp3) is 0.474. The molecular weight excluding hydrogens is 284 g/mol. The molecule has 2 heterocycles. The highest BCUT2D eigenvalue weighted by Crippen LogP contribution is 2.23. The number of benzene rings is 1. The van der Waals surface area contributed by atoms with Crippen LogP contribution in [0.3, 0.4) is 0 Å². The molecule has 0 spiro atoms. The van der Waals surface area contributed by atoms with Crippen molar-refractivity contribution in [3.63, 3.8) is 0 Å². The molecule has 0 amide bonds. The first-order valence-electron chi connectivity index (χ1n) is 8.56. The Morgan fingerprint density at radius 1 is 0.826 bits per heavy atom. The molecule has 2 aromatic rings. The van der Waals surface area contributed by atoms with Crippen LogP contribution in [0.25, 0.3) is 0 Å². The maximum Gasteiger partial charge on any atom is 0.136 e. The van der Waals surface area contributed by atoms with E-state index in [1.54, 1.807) is 0 Å². The number of aromatic nitrogens is 2. The molecule has 1 aliphatic heterocycles. The Labute approximate surface area is 139 Å². The lowest BCUT2D eigenvalue weighted by atomic mass is 10.1. The molecule has 1 aliphatic rings. The molecule has 1 aromatic heterocycles. The van der Waals surface area contributed by atoms with Crippen molar-refractivity contribution in [1.82, 2.24) is 9.97 Å². The van der Waals surface area contributed by atoms with Crippen LogP contribution in [0.1, 0.15) is 42.6 Å². The molecular formula is C19H26N4. The molecule has 1 aromatic carbocycles. The summed E-state index contributed by atoms with van der Waals surface area (Å²) in [5, 5.41) is 3.44. The fourth-order valence-electron chi connectivity index (χ4n) is 3.27.